The van der Waals surface area contributed by atoms with Gasteiger partial charge in [-0.15, -0.1) is 0 Å². The van der Waals surface area contributed by atoms with E-state index in [-0.39, 0.29) is 35.0 Å². The zero-order valence-electron chi connectivity index (χ0n) is 6.76. The second kappa shape index (κ2) is 5.93. The van der Waals surface area contributed by atoms with Crippen LogP contribution in [0.25, 0.3) is 0 Å². The summed E-state index contributed by atoms with van der Waals surface area (Å²) < 4.78 is 0. The summed E-state index contributed by atoms with van der Waals surface area (Å²) >= 11 is 0. The molecule has 0 aromatic heterocycles. The van der Waals surface area contributed by atoms with E-state index in [1.165, 1.54) is 11.1 Å². The van der Waals surface area contributed by atoms with Crippen LogP contribution in [-0.4, -0.2) is 5.48 Å². The van der Waals surface area contributed by atoms with Crippen molar-refractivity contribution < 1.29 is 35.0 Å². The van der Waals surface area contributed by atoms with E-state index in [1.54, 1.807) is 0 Å². The van der Waals surface area contributed by atoms with Gasteiger partial charge in [-0.2, -0.15) is 0 Å². The van der Waals surface area contributed by atoms with Gasteiger partial charge in [0.05, 0.1) is 0 Å². The van der Waals surface area contributed by atoms with E-state index in [9.17, 15) is 0 Å². The molecule has 2 heteroatoms. The van der Waals surface area contributed by atoms with Gasteiger partial charge in [0.25, 0.3) is 0 Å². The minimum atomic E-state index is 0. The zero-order chi connectivity index (χ0) is 5.98. The summed E-state index contributed by atoms with van der Waals surface area (Å²) in [5.74, 6) is 0. The Morgan fingerprint density at radius 1 is 0.800 bits per heavy atom. The average Bonchev–Trinajstić information content (AvgIpc) is 1.77. The smallest absolute Gasteiger partial charge is 0.870 e. The summed E-state index contributed by atoms with van der Waals surface area (Å²) in [7, 11) is 0. The molecule has 0 aliphatic carbocycles. The first-order valence-electron chi connectivity index (χ1n) is 2.82. The standard InChI is InChI=1S/C8H10.Na.H2O/c1-7-3-5-8(2)6-4-7;;/h3-6H,1-2H3;;1H2/q;+1;/p-1. The van der Waals surface area contributed by atoms with Crippen LogP contribution in [0, 0.1) is 13.8 Å². The van der Waals surface area contributed by atoms with Crippen molar-refractivity contribution in [3.8, 4) is 0 Å². The Morgan fingerprint density at radius 3 is 1.20 bits per heavy atom. The summed E-state index contributed by atoms with van der Waals surface area (Å²) in [5.41, 5.74) is 2.66. The van der Waals surface area contributed by atoms with Crippen LogP contribution in [0.15, 0.2) is 24.3 Å². The maximum absolute atomic E-state index is 2.12. The Morgan fingerprint density at radius 2 is 1.00 bits per heavy atom. The third-order valence-corrected chi connectivity index (χ3v) is 1.22. The van der Waals surface area contributed by atoms with Gasteiger partial charge in [-0.3, -0.25) is 0 Å². The van der Waals surface area contributed by atoms with Gasteiger partial charge in [-0.1, -0.05) is 35.4 Å². The third kappa shape index (κ3) is 4.07. The maximum atomic E-state index is 2.12. The van der Waals surface area contributed by atoms with Crippen molar-refractivity contribution in [1.82, 2.24) is 0 Å². The molecule has 0 spiro atoms. The van der Waals surface area contributed by atoms with Crippen molar-refractivity contribution >= 4 is 0 Å². The van der Waals surface area contributed by atoms with Crippen molar-refractivity contribution in [3.63, 3.8) is 0 Å². The molecular formula is C8H11NaO. The summed E-state index contributed by atoms with van der Waals surface area (Å²) in [6.07, 6.45) is 0. The van der Waals surface area contributed by atoms with E-state index in [4.69, 9.17) is 0 Å². The monoisotopic (exact) mass is 146 g/mol. The molecular weight excluding hydrogens is 135 g/mol. The van der Waals surface area contributed by atoms with E-state index in [0.29, 0.717) is 0 Å². The fourth-order valence-corrected chi connectivity index (χ4v) is 0.637. The van der Waals surface area contributed by atoms with Gasteiger partial charge >= 0.3 is 29.6 Å². The maximum Gasteiger partial charge on any atom is 1.00 e. The predicted octanol–water partition coefficient (Wildman–Crippen LogP) is -0.869. The molecule has 0 bridgehead atoms. The first kappa shape index (κ1) is 12.8. The molecule has 0 aliphatic heterocycles. The quantitative estimate of drug-likeness (QED) is 0.438. The first-order valence-corrected chi connectivity index (χ1v) is 2.82. The van der Waals surface area contributed by atoms with Crippen LogP contribution < -0.4 is 29.6 Å². The minimum absolute atomic E-state index is 0. The zero-order valence-corrected chi connectivity index (χ0v) is 8.76. The van der Waals surface area contributed by atoms with Crippen molar-refractivity contribution in [1.29, 1.82) is 0 Å². The van der Waals surface area contributed by atoms with Gasteiger partial charge in [0.15, 0.2) is 0 Å². The molecule has 1 N–H and O–H groups in total. The van der Waals surface area contributed by atoms with Gasteiger partial charge < -0.3 is 5.48 Å². The summed E-state index contributed by atoms with van der Waals surface area (Å²) in [6.45, 7) is 4.19. The average molecular weight is 146 g/mol. The van der Waals surface area contributed by atoms with Crippen molar-refractivity contribution in [3.05, 3.63) is 35.4 Å². The molecule has 0 amide bonds. The van der Waals surface area contributed by atoms with Crippen LogP contribution >= 0.6 is 0 Å². The molecule has 1 rings (SSSR count). The van der Waals surface area contributed by atoms with Crippen LogP contribution in [0.2, 0.25) is 0 Å². The molecule has 1 nitrogen and oxygen atoms in total. The van der Waals surface area contributed by atoms with E-state index >= 15 is 0 Å². The van der Waals surface area contributed by atoms with E-state index in [0.717, 1.165) is 0 Å². The molecule has 0 heterocycles. The van der Waals surface area contributed by atoms with Gasteiger partial charge in [-0.05, 0) is 13.8 Å². The second-order valence-electron chi connectivity index (χ2n) is 2.15. The molecule has 0 atom stereocenters. The second-order valence-corrected chi connectivity index (χ2v) is 2.15. The van der Waals surface area contributed by atoms with Crippen LogP contribution in [0.5, 0.6) is 0 Å². The Kier molecular flexibility index (Phi) is 7.60. The Labute approximate surface area is 84.1 Å². The van der Waals surface area contributed by atoms with Crippen molar-refractivity contribution in [2.24, 2.45) is 0 Å². The summed E-state index contributed by atoms with van der Waals surface area (Å²) in [6, 6.07) is 8.48. The minimum Gasteiger partial charge on any atom is -0.870 e. The van der Waals surface area contributed by atoms with Crippen molar-refractivity contribution in [2.75, 3.05) is 0 Å². The number of rotatable bonds is 0. The largest absolute Gasteiger partial charge is 1.00 e. The van der Waals surface area contributed by atoms with E-state index < -0.39 is 0 Å². The molecule has 1 aromatic rings. The van der Waals surface area contributed by atoms with E-state index in [2.05, 4.69) is 38.1 Å². The normalized spacial score (nSPS) is 7.40. The summed E-state index contributed by atoms with van der Waals surface area (Å²) in [4.78, 5) is 0. The van der Waals surface area contributed by atoms with Gasteiger partial charge in [0, 0.05) is 0 Å². The van der Waals surface area contributed by atoms with Gasteiger partial charge in [-0.25, -0.2) is 0 Å². The Hall–Kier alpha value is 0.180. The molecule has 50 valence electrons. The Balaban J connectivity index is 0. The summed E-state index contributed by atoms with van der Waals surface area (Å²) in [5, 5.41) is 0. The Bertz CT molecular complexity index is 148. The number of hydrogen-bond acceptors (Lipinski definition) is 1. The molecule has 0 fully saturated rings. The van der Waals surface area contributed by atoms with E-state index in [1.807, 2.05) is 0 Å². The van der Waals surface area contributed by atoms with Crippen LogP contribution in [0.4, 0.5) is 0 Å². The molecule has 0 unspecified atom stereocenters. The van der Waals surface area contributed by atoms with Crippen molar-refractivity contribution in [2.45, 2.75) is 13.8 Å². The number of aryl methyl sites for hydroxylation is 2. The number of hydrogen-bond donors (Lipinski definition) is 0. The molecule has 0 saturated heterocycles. The molecule has 0 aliphatic rings. The fraction of sp³-hybridized carbons (Fsp3) is 0.250. The predicted molar refractivity (Wildman–Crippen MR) is 37.9 cm³/mol. The topological polar surface area (TPSA) is 30.0 Å². The molecule has 0 radical (unpaired) electrons. The molecule has 10 heavy (non-hydrogen) atoms. The molecule has 1 aromatic carbocycles. The van der Waals surface area contributed by atoms with Gasteiger partial charge in [0.1, 0.15) is 0 Å². The number of benzene rings is 1. The SMILES string of the molecule is Cc1ccc(C)cc1.[Na+].[OH-]. The van der Waals surface area contributed by atoms with Crippen LogP contribution in [-0.2, 0) is 0 Å². The van der Waals surface area contributed by atoms with Gasteiger partial charge in [0.2, 0.25) is 0 Å². The molecule has 0 saturated carbocycles. The third-order valence-electron chi connectivity index (χ3n) is 1.22. The van der Waals surface area contributed by atoms with Crippen LogP contribution in [0.3, 0.4) is 0 Å². The first-order chi connectivity index (χ1) is 3.79. The van der Waals surface area contributed by atoms with Crippen LogP contribution in [0.1, 0.15) is 11.1 Å². The fourth-order valence-electron chi connectivity index (χ4n) is 0.637.